The van der Waals surface area contributed by atoms with Crippen molar-refractivity contribution >= 4 is 29.3 Å². The molecule has 1 atom stereocenters. The summed E-state index contributed by atoms with van der Waals surface area (Å²) in [5, 5.41) is 2.55. The van der Waals surface area contributed by atoms with Crippen molar-refractivity contribution in [3.63, 3.8) is 0 Å². The van der Waals surface area contributed by atoms with Crippen LogP contribution in [0, 0.1) is 5.82 Å². The van der Waals surface area contributed by atoms with Gasteiger partial charge in [0.15, 0.2) is 6.61 Å². The second-order valence-corrected chi connectivity index (χ2v) is 7.14. The molecular formula is C20H20FNO4S. The van der Waals surface area contributed by atoms with E-state index in [0.29, 0.717) is 11.3 Å². The molecule has 2 aromatic rings. The van der Waals surface area contributed by atoms with Gasteiger partial charge in [-0.3, -0.25) is 4.79 Å². The van der Waals surface area contributed by atoms with Crippen molar-refractivity contribution in [2.45, 2.75) is 23.8 Å². The number of thioether (sulfide) groups is 1. The lowest BCUT2D eigenvalue weighted by atomic mass is 10.2. The zero-order chi connectivity index (χ0) is 19.1. The lowest BCUT2D eigenvalue weighted by molar-refractivity contribution is -0.119. The first-order valence-electron chi connectivity index (χ1n) is 8.68. The molecule has 1 fully saturated rings. The van der Waals surface area contributed by atoms with Gasteiger partial charge >= 0.3 is 5.97 Å². The molecule has 1 unspecified atom stereocenters. The summed E-state index contributed by atoms with van der Waals surface area (Å²) in [6.45, 7) is 0.374. The zero-order valence-corrected chi connectivity index (χ0v) is 15.5. The third-order valence-corrected chi connectivity index (χ3v) is 5.22. The predicted molar refractivity (Wildman–Crippen MR) is 101 cm³/mol. The quantitative estimate of drug-likeness (QED) is 0.575. The number of nitrogens with one attached hydrogen (secondary N) is 1. The first-order valence-corrected chi connectivity index (χ1v) is 9.66. The summed E-state index contributed by atoms with van der Waals surface area (Å²) in [7, 11) is 0. The normalized spacial score (nSPS) is 16.1. The number of ether oxygens (including phenoxy) is 2. The van der Waals surface area contributed by atoms with Gasteiger partial charge in [-0.2, -0.15) is 0 Å². The minimum atomic E-state index is -0.556. The summed E-state index contributed by atoms with van der Waals surface area (Å²) in [5.74, 6) is -0.661. The molecule has 0 aliphatic carbocycles. The number of carbonyl (C=O) groups excluding carboxylic acids is 2. The standard InChI is InChI=1S/C20H20FNO4S/c21-14-7-9-15(10-8-14)22-19(23)12-26-20(24)17-5-1-2-6-18(17)27-13-16-4-3-11-25-16/h1-2,5-10,16H,3-4,11-13H2,(H,22,23). The number of benzene rings is 2. The van der Waals surface area contributed by atoms with Crippen LogP contribution < -0.4 is 5.32 Å². The van der Waals surface area contributed by atoms with E-state index in [-0.39, 0.29) is 6.10 Å². The van der Waals surface area contributed by atoms with Gasteiger partial charge in [0.05, 0.1) is 11.7 Å². The van der Waals surface area contributed by atoms with E-state index in [4.69, 9.17) is 9.47 Å². The number of anilines is 1. The Morgan fingerprint density at radius 2 is 1.96 bits per heavy atom. The molecule has 1 amide bonds. The summed E-state index contributed by atoms with van der Waals surface area (Å²) in [4.78, 5) is 25.1. The maximum atomic E-state index is 12.9. The molecule has 2 aromatic carbocycles. The minimum Gasteiger partial charge on any atom is -0.452 e. The molecule has 1 heterocycles. The highest BCUT2D eigenvalue weighted by molar-refractivity contribution is 7.99. The third-order valence-electron chi connectivity index (χ3n) is 4.02. The van der Waals surface area contributed by atoms with Gasteiger partial charge in [0.1, 0.15) is 5.82 Å². The average Bonchev–Trinajstić information content (AvgIpc) is 3.20. The Labute approximate surface area is 161 Å². The van der Waals surface area contributed by atoms with Gasteiger partial charge < -0.3 is 14.8 Å². The molecule has 27 heavy (non-hydrogen) atoms. The molecule has 0 aromatic heterocycles. The predicted octanol–water partition coefficient (Wildman–Crippen LogP) is 3.89. The van der Waals surface area contributed by atoms with E-state index in [9.17, 15) is 14.0 Å². The van der Waals surface area contributed by atoms with Crippen LogP contribution in [0.5, 0.6) is 0 Å². The fourth-order valence-corrected chi connectivity index (χ4v) is 3.77. The second-order valence-electron chi connectivity index (χ2n) is 6.07. The molecule has 142 valence electrons. The smallest absolute Gasteiger partial charge is 0.339 e. The van der Waals surface area contributed by atoms with Gasteiger partial charge in [-0.15, -0.1) is 11.8 Å². The maximum absolute atomic E-state index is 12.9. The van der Waals surface area contributed by atoms with Crippen LogP contribution in [0.25, 0.3) is 0 Å². The van der Waals surface area contributed by atoms with Crippen molar-refractivity contribution in [2.75, 3.05) is 24.3 Å². The lowest BCUT2D eigenvalue weighted by Crippen LogP contribution is -2.21. The molecular weight excluding hydrogens is 369 g/mol. The van der Waals surface area contributed by atoms with Gasteiger partial charge in [-0.25, -0.2) is 9.18 Å². The van der Waals surface area contributed by atoms with E-state index in [1.807, 2.05) is 12.1 Å². The van der Waals surface area contributed by atoms with Crippen molar-refractivity contribution < 1.29 is 23.5 Å². The highest BCUT2D eigenvalue weighted by Crippen LogP contribution is 2.27. The number of hydrogen-bond donors (Lipinski definition) is 1. The number of carbonyl (C=O) groups is 2. The molecule has 0 saturated carbocycles. The van der Waals surface area contributed by atoms with Crippen molar-refractivity contribution in [3.8, 4) is 0 Å². The van der Waals surface area contributed by atoms with Gasteiger partial charge in [0, 0.05) is 22.9 Å². The van der Waals surface area contributed by atoms with Gasteiger partial charge in [-0.05, 0) is 49.2 Å². The van der Waals surface area contributed by atoms with Crippen LogP contribution in [-0.4, -0.2) is 36.9 Å². The summed E-state index contributed by atoms with van der Waals surface area (Å²) in [6.07, 6.45) is 2.31. The fourth-order valence-electron chi connectivity index (χ4n) is 2.66. The SMILES string of the molecule is O=C(COC(=O)c1ccccc1SCC1CCCO1)Nc1ccc(F)cc1. The Balaban J connectivity index is 1.52. The molecule has 7 heteroatoms. The first-order chi connectivity index (χ1) is 13.1. The molecule has 3 rings (SSSR count). The number of rotatable bonds is 7. The van der Waals surface area contributed by atoms with Crippen LogP contribution in [0.15, 0.2) is 53.4 Å². The topological polar surface area (TPSA) is 64.6 Å². The van der Waals surface area contributed by atoms with E-state index in [0.717, 1.165) is 30.1 Å². The number of hydrogen-bond acceptors (Lipinski definition) is 5. The Hall–Kier alpha value is -2.38. The number of esters is 1. The molecule has 1 aliphatic heterocycles. The maximum Gasteiger partial charge on any atom is 0.339 e. The summed E-state index contributed by atoms with van der Waals surface area (Å²) >= 11 is 1.55. The van der Waals surface area contributed by atoms with Crippen LogP contribution in [0.2, 0.25) is 0 Å². The first kappa shape index (κ1) is 19.4. The van der Waals surface area contributed by atoms with Crippen molar-refractivity contribution in [1.82, 2.24) is 0 Å². The van der Waals surface area contributed by atoms with E-state index in [2.05, 4.69) is 5.32 Å². The Morgan fingerprint density at radius 1 is 1.19 bits per heavy atom. The van der Waals surface area contributed by atoms with E-state index in [1.54, 1.807) is 23.9 Å². The summed E-state index contributed by atoms with van der Waals surface area (Å²) < 4.78 is 23.6. The summed E-state index contributed by atoms with van der Waals surface area (Å²) in [6, 6.07) is 12.5. The number of halogens is 1. The second kappa shape index (κ2) is 9.53. The lowest BCUT2D eigenvalue weighted by Gasteiger charge is -2.12. The highest BCUT2D eigenvalue weighted by Gasteiger charge is 2.19. The minimum absolute atomic E-state index is 0.209. The number of amides is 1. The highest BCUT2D eigenvalue weighted by atomic mass is 32.2. The van der Waals surface area contributed by atoms with Crippen molar-refractivity contribution in [2.24, 2.45) is 0 Å². The molecule has 0 spiro atoms. The third kappa shape index (κ3) is 5.80. The Kier molecular flexibility index (Phi) is 6.84. The van der Waals surface area contributed by atoms with Crippen LogP contribution >= 0.6 is 11.8 Å². The van der Waals surface area contributed by atoms with Crippen LogP contribution in [-0.2, 0) is 14.3 Å². The van der Waals surface area contributed by atoms with Crippen LogP contribution in [0.4, 0.5) is 10.1 Å². The van der Waals surface area contributed by atoms with Crippen LogP contribution in [0.1, 0.15) is 23.2 Å². The molecule has 1 N–H and O–H groups in total. The molecule has 1 saturated heterocycles. The molecule has 1 aliphatic rings. The Bertz CT molecular complexity index is 791. The monoisotopic (exact) mass is 389 g/mol. The molecule has 5 nitrogen and oxygen atoms in total. The van der Waals surface area contributed by atoms with Crippen molar-refractivity contribution in [1.29, 1.82) is 0 Å². The van der Waals surface area contributed by atoms with Crippen LogP contribution in [0.3, 0.4) is 0 Å². The van der Waals surface area contributed by atoms with E-state index in [1.165, 1.54) is 24.3 Å². The van der Waals surface area contributed by atoms with Gasteiger partial charge in [0.25, 0.3) is 5.91 Å². The van der Waals surface area contributed by atoms with E-state index < -0.39 is 24.3 Å². The van der Waals surface area contributed by atoms with E-state index >= 15 is 0 Å². The average molecular weight is 389 g/mol. The van der Waals surface area contributed by atoms with Crippen molar-refractivity contribution in [3.05, 3.63) is 59.9 Å². The molecule has 0 radical (unpaired) electrons. The molecule has 0 bridgehead atoms. The zero-order valence-electron chi connectivity index (χ0n) is 14.7. The fraction of sp³-hybridized carbons (Fsp3) is 0.300. The summed E-state index contributed by atoms with van der Waals surface area (Å²) in [5.41, 5.74) is 0.861. The van der Waals surface area contributed by atoms with Gasteiger partial charge in [0.2, 0.25) is 0 Å². The Morgan fingerprint density at radius 3 is 2.70 bits per heavy atom. The largest absolute Gasteiger partial charge is 0.452 e. The van der Waals surface area contributed by atoms with Gasteiger partial charge in [-0.1, -0.05) is 12.1 Å².